The standard InChI is InChI=1S/C20H32N2O2/c1-15-8-9-17(11-16(15)2)12-21-13-18-7-6-10-22(14-18)19(23)24-20(3,4)5/h8-9,11,18,21H,6-7,10,12-14H2,1-5H3. The van der Waals surface area contributed by atoms with Crippen molar-refractivity contribution in [2.24, 2.45) is 5.92 Å². The average molecular weight is 332 g/mol. The lowest BCUT2D eigenvalue weighted by atomic mass is 9.98. The van der Waals surface area contributed by atoms with Gasteiger partial charge >= 0.3 is 6.09 Å². The Hall–Kier alpha value is -1.55. The van der Waals surface area contributed by atoms with Crippen molar-refractivity contribution in [2.75, 3.05) is 19.6 Å². The molecule has 4 nitrogen and oxygen atoms in total. The molecule has 1 aromatic carbocycles. The van der Waals surface area contributed by atoms with Crippen LogP contribution in [-0.4, -0.2) is 36.2 Å². The quantitative estimate of drug-likeness (QED) is 0.905. The Morgan fingerprint density at radius 1 is 1.29 bits per heavy atom. The summed E-state index contributed by atoms with van der Waals surface area (Å²) in [5, 5.41) is 3.55. The lowest BCUT2D eigenvalue weighted by Gasteiger charge is -2.34. The number of benzene rings is 1. The van der Waals surface area contributed by atoms with E-state index < -0.39 is 5.60 Å². The van der Waals surface area contributed by atoms with Gasteiger partial charge in [0.15, 0.2) is 0 Å². The zero-order valence-electron chi connectivity index (χ0n) is 15.8. The average Bonchev–Trinajstić information content (AvgIpc) is 2.49. The largest absolute Gasteiger partial charge is 0.444 e. The van der Waals surface area contributed by atoms with Crippen LogP contribution in [-0.2, 0) is 11.3 Å². The fraction of sp³-hybridized carbons (Fsp3) is 0.650. The molecule has 1 N–H and O–H groups in total. The van der Waals surface area contributed by atoms with E-state index in [2.05, 4.69) is 37.4 Å². The van der Waals surface area contributed by atoms with Crippen LogP contribution < -0.4 is 5.32 Å². The second kappa shape index (κ2) is 8.02. The third kappa shape index (κ3) is 5.82. The summed E-state index contributed by atoms with van der Waals surface area (Å²) >= 11 is 0. The Labute approximate surface area is 146 Å². The molecule has 0 bridgehead atoms. The highest BCUT2D eigenvalue weighted by Crippen LogP contribution is 2.19. The van der Waals surface area contributed by atoms with Gasteiger partial charge in [-0.3, -0.25) is 0 Å². The number of carbonyl (C=O) groups excluding carboxylic acids is 1. The number of aryl methyl sites for hydroxylation is 2. The molecule has 24 heavy (non-hydrogen) atoms. The van der Waals surface area contributed by atoms with Gasteiger partial charge in [-0.15, -0.1) is 0 Å². The molecule has 1 fully saturated rings. The summed E-state index contributed by atoms with van der Waals surface area (Å²) in [5.41, 5.74) is 3.56. The van der Waals surface area contributed by atoms with Gasteiger partial charge in [0.2, 0.25) is 0 Å². The molecule has 0 aromatic heterocycles. The molecule has 2 rings (SSSR count). The SMILES string of the molecule is Cc1ccc(CNCC2CCCN(C(=O)OC(C)(C)C)C2)cc1C. The molecule has 0 spiro atoms. The summed E-state index contributed by atoms with van der Waals surface area (Å²) in [6, 6.07) is 6.61. The third-order valence-corrected chi connectivity index (χ3v) is 4.50. The summed E-state index contributed by atoms with van der Waals surface area (Å²) in [4.78, 5) is 14.1. The smallest absolute Gasteiger partial charge is 0.410 e. The first-order valence-corrected chi connectivity index (χ1v) is 8.99. The van der Waals surface area contributed by atoms with Crippen molar-refractivity contribution in [3.8, 4) is 0 Å². The number of amides is 1. The molecule has 1 heterocycles. The number of hydrogen-bond acceptors (Lipinski definition) is 3. The number of rotatable bonds is 4. The van der Waals surface area contributed by atoms with Gasteiger partial charge in [-0.1, -0.05) is 18.2 Å². The van der Waals surface area contributed by atoms with Gasteiger partial charge < -0.3 is 15.0 Å². The zero-order valence-corrected chi connectivity index (χ0v) is 15.8. The second-order valence-electron chi connectivity index (χ2n) is 7.98. The van der Waals surface area contributed by atoms with Crippen molar-refractivity contribution in [3.63, 3.8) is 0 Å². The Balaban J connectivity index is 1.78. The van der Waals surface area contributed by atoms with E-state index in [0.29, 0.717) is 5.92 Å². The molecule has 1 aromatic rings. The van der Waals surface area contributed by atoms with Gasteiger partial charge in [0.1, 0.15) is 5.60 Å². The highest BCUT2D eigenvalue weighted by molar-refractivity contribution is 5.68. The number of nitrogens with one attached hydrogen (secondary N) is 1. The molecule has 1 atom stereocenters. The van der Waals surface area contributed by atoms with E-state index in [-0.39, 0.29) is 6.09 Å². The number of nitrogens with zero attached hydrogens (tertiary/aromatic N) is 1. The van der Waals surface area contributed by atoms with Crippen LogP contribution in [0.2, 0.25) is 0 Å². The summed E-state index contributed by atoms with van der Waals surface area (Å²) in [6.07, 6.45) is 2.04. The maximum atomic E-state index is 12.2. The number of hydrogen-bond donors (Lipinski definition) is 1. The van der Waals surface area contributed by atoms with E-state index in [9.17, 15) is 4.79 Å². The van der Waals surface area contributed by atoms with Crippen LogP contribution >= 0.6 is 0 Å². The van der Waals surface area contributed by atoms with E-state index in [1.807, 2.05) is 25.7 Å². The van der Waals surface area contributed by atoms with Crippen molar-refractivity contribution in [2.45, 2.75) is 59.6 Å². The summed E-state index contributed by atoms with van der Waals surface area (Å²) < 4.78 is 5.49. The number of carbonyl (C=O) groups is 1. The van der Waals surface area contributed by atoms with Crippen molar-refractivity contribution >= 4 is 6.09 Å². The molecule has 0 saturated carbocycles. The molecule has 134 valence electrons. The monoisotopic (exact) mass is 332 g/mol. The van der Waals surface area contributed by atoms with Crippen molar-refractivity contribution in [1.82, 2.24) is 10.2 Å². The molecule has 1 amide bonds. The fourth-order valence-electron chi connectivity index (χ4n) is 3.06. The first-order chi connectivity index (χ1) is 11.2. The van der Waals surface area contributed by atoms with Gasteiger partial charge in [0, 0.05) is 19.6 Å². The Morgan fingerprint density at radius 2 is 2.04 bits per heavy atom. The summed E-state index contributed by atoms with van der Waals surface area (Å²) in [7, 11) is 0. The molecular formula is C20H32N2O2. The topological polar surface area (TPSA) is 41.6 Å². The van der Waals surface area contributed by atoms with E-state index in [4.69, 9.17) is 4.74 Å². The molecule has 0 radical (unpaired) electrons. The van der Waals surface area contributed by atoms with Gasteiger partial charge in [-0.05, 0) is 76.6 Å². The lowest BCUT2D eigenvalue weighted by Crippen LogP contribution is -2.45. The van der Waals surface area contributed by atoms with Crippen molar-refractivity contribution < 1.29 is 9.53 Å². The van der Waals surface area contributed by atoms with Crippen molar-refractivity contribution in [3.05, 3.63) is 34.9 Å². The predicted molar refractivity (Wildman–Crippen MR) is 98.2 cm³/mol. The second-order valence-corrected chi connectivity index (χ2v) is 7.98. The molecule has 1 aliphatic heterocycles. The van der Waals surface area contributed by atoms with E-state index in [1.165, 1.54) is 23.1 Å². The summed E-state index contributed by atoms with van der Waals surface area (Å²) in [6.45, 7) is 13.4. The fourth-order valence-corrected chi connectivity index (χ4v) is 3.06. The Kier molecular flexibility index (Phi) is 6.27. The highest BCUT2D eigenvalue weighted by Gasteiger charge is 2.27. The van der Waals surface area contributed by atoms with Crippen LogP contribution in [0.4, 0.5) is 4.79 Å². The third-order valence-electron chi connectivity index (χ3n) is 4.50. The molecule has 0 aliphatic carbocycles. The van der Waals surface area contributed by atoms with Crippen LogP contribution in [0.1, 0.15) is 50.3 Å². The Morgan fingerprint density at radius 3 is 2.71 bits per heavy atom. The number of ether oxygens (including phenoxy) is 1. The van der Waals surface area contributed by atoms with Crippen LogP contribution in [0, 0.1) is 19.8 Å². The lowest BCUT2D eigenvalue weighted by molar-refractivity contribution is 0.0166. The molecule has 1 aliphatic rings. The molecular weight excluding hydrogens is 300 g/mol. The minimum Gasteiger partial charge on any atom is -0.444 e. The normalized spacial score (nSPS) is 18.5. The Bertz CT molecular complexity index is 563. The molecule has 1 unspecified atom stereocenters. The minimum atomic E-state index is -0.425. The van der Waals surface area contributed by atoms with E-state index in [1.54, 1.807) is 0 Å². The predicted octanol–water partition coefficient (Wildman–Crippen LogP) is 4.04. The van der Waals surface area contributed by atoms with Crippen LogP contribution in [0.5, 0.6) is 0 Å². The number of likely N-dealkylation sites (tertiary alicyclic amines) is 1. The summed E-state index contributed by atoms with van der Waals surface area (Å²) in [5.74, 6) is 0.498. The molecule has 4 heteroatoms. The minimum absolute atomic E-state index is 0.179. The van der Waals surface area contributed by atoms with Gasteiger partial charge in [-0.2, -0.15) is 0 Å². The van der Waals surface area contributed by atoms with E-state index in [0.717, 1.165) is 32.6 Å². The van der Waals surface area contributed by atoms with Gasteiger partial charge in [0.05, 0.1) is 0 Å². The maximum absolute atomic E-state index is 12.2. The first kappa shape index (κ1) is 18.8. The highest BCUT2D eigenvalue weighted by atomic mass is 16.6. The maximum Gasteiger partial charge on any atom is 0.410 e. The van der Waals surface area contributed by atoms with Crippen molar-refractivity contribution in [1.29, 1.82) is 0 Å². The molecule has 1 saturated heterocycles. The van der Waals surface area contributed by atoms with Crippen LogP contribution in [0.3, 0.4) is 0 Å². The van der Waals surface area contributed by atoms with Gasteiger partial charge in [-0.25, -0.2) is 4.79 Å². The van der Waals surface area contributed by atoms with Crippen LogP contribution in [0.15, 0.2) is 18.2 Å². The number of piperidine rings is 1. The zero-order chi connectivity index (χ0) is 17.7. The first-order valence-electron chi connectivity index (χ1n) is 8.99. The van der Waals surface area contributed by atoms with E-state index >= 15 is 0 Å². The van der Waals surface area contributed by atoms with Crippen LogP contribution in [0.25, 0.3) is 0 Å². The van der Waals surface area contributed by atoms with Gasteiger partial charge in [0.25, 0.3) is 0 Å².